The van der Waals surface area contributed by atoms with Crippen molar-refractivity contribution in [3.05, 3.63) is 52.7 Å². The maximum Gasteiger partial charge on any atom is 0.407 e. The van der Waals surface area contributed by atoms with Crippen LogP contribution in [0.3, 0.4) is 0 Å². The predicted molar refractivity (Wildman–Crippen MR) is 145 cm³/mol. The van der Waals surface area contributed by atoms with Gasteiger partial charge in [0.05, 0.1) is 0 Å². The van der Waals surface area contributed by atoms with Gasteiger partial charge in [0, 0.05) is 36.2 Å². The molecule has 2 aliphatic rings. The van der Waals surface area contributed by atoms with Gasteiger partial charge in [0.25, 0.3) is 0 Å². The van der Waals surface area contributed by atoms with Crippen LogP contribution in [0, 0.1) is 5.92 Å². The summed E-state index contributed by atoms with van der Waals surface area (Å²) in [5.74, 6) is 0.578. The van der Waals surface area contributed by atoms with Crippen molar-refractivity contribution >= 4 is 29.2 Å². The number of carbonyl (C=O) groups excluding carboxylic acids is 1. The Balaban J connectivity index is 1.28. The molecule has 2 amide bonds. The third kappa shape index (κ3) is 5.52. The van der Waals surface area contributed by atoms with Gasteiger partial charge in [-0.25, -0.2) is 4.79 Å². The van der Waals surface area contributed by atoms with Crippen molar-refractivity contribution in [3.63, 3.8) is 0 Å². The van der Waals surface area contributed by atoms with E-state index in [0.717, 1.165) is 66.5 Å². The van der Waals surface area contributed by atoms with E-state index in [1.54, 1.807) is 18.4 Å². The van der Waals surface area contributed by atoms with Crippen LogP contribution in [0.5, 0.6) is 0 Å². The SMILES string of the molecule is CN(C(=O)O)C1CCC(CC(=O)Nc2cc(-c3ccsc3)c(-c3ccc(C4(N)CCC4)cc3)nn2)CC1. The molecule has 1 aromatic carbocycles. The lowest BCUT2D eigenvalue weighted by atomic mass is 9.72. The molecule has 194 valence electrons. The van der Waals surface area contributed by atoms with Crippen LogP contribution >= 0.6 is 11.3 Å². The average Bonchev–Trinajstić information content (AvgIpc) is 3.42. The Morgan fingerprint density at radius 3 is 2.43 bits per heavy atom. The molecule has 3 aromatic rings. The highest BCUT2D eigenvalue weighted by molar-refractivity contribution is 7.08. The molecule has 0 saturated heterocycles. The van der Waals surface area contributed by atoms with E-state index in [2.05, 4.69) is 45.2 Å². The highest BCUT2D eigenvalue weighted by Gasteiger charge is 2.34. The minimum atomic E-state index is -0.901. The lowest BCUT2D eigenvalue weighted by Gasteiger charge is -2.38. The van der Waals surface area contributed by atoms with Gasteiger partial charge in [0.1, 0.15) is 5.69 Å². The van der Waals surface area contributed by atoms with Gasteiger partial charge in [-0.3, -0.25) is 4.79 Å². The Labute approximate surface area is 220 Å². The van der Waals surface area contributed by atoms with Crippen molar-refractivity contribution in [2.45, 2.75) is 62.9 Å². The zero-order valence-corrected chi connectivity index (χ0v) is 21.8. The average molecular weight is 520 g/mol. The molecule has 8 nitrogen and oxygen atoms in total. The summed E-state index contributed by atoms with van der Waals surface area (Å²) in [5, 5.41) is 25.1. The Morgan fingerprint density at radius 1 is 1.11 bits per heavy atom. The number of benzene rings is 1. The third-order valence-electron chi connectivity index (χ3n) is 8.01. The summed E-state index contributed by atoms with van der Waals surface area (Å²) in [4.78, 5) is 25.4. The van der Waals surface area contributed by atoms with Crippen LogP contribution in [0.1, 0.15) is 56.9 Å². The standard InChI is InChI=1S/C28H33N5O3S/c1-33(27(35)36)22-9-3-18(4-10-22)15-25(34)30-24-16-23(20-11-14-37-17-20)26(32-31-24)19-5-7-21(8-6-19)28(29)12-2-13-28/h5-8,11,14,16-18,22H,2-4,9-10,12-13,15,29H2,1H3,(H,35,36)(H,30,31,34). The van der Waals surface area contributed by atoms with E-state index in [-0.39, 0.29) is 23.4 Å². The number of anilines is 1. The second-order valence-electron chi connectivity index (χ2n) is 10.4. The van der Waals surface area contributed by atoms with Gasteiger partial charge >= 0.3 is 6.09 Å². The first kappa shape index (κ1) is 25.4. The van der Waals surface area contributed by atoms with Crippen LogP contribution in [-0.2, 0) is 10.3 Å². The molecule has 37 heavy (non-hydrogen) atoms. The van der Waals surface area contributed by atoms with Gasteiger partial charge in [0.15, 0.2) is 5.82 Å². The van der Waals surface area contributed by atoms with Gasteiger partial charge in [-0.15, -0.1) is 10.2 Å². The Hall–Kier alpha value is -3.30. The number of rotatable bonds is 7. The Bertz CT molecular complexity index is 1250. The van der Waals surface area contributed by atoms with Crippen LogP contribution in [0.2, 0.25) is 0 Å². The summed E-state index contributed by atoms with van der Waals surface area (Å²) in [6.07, 6.45) is 5.92. The summed E-state index contributed by atoms with van der Waals surface area (Å²) in [7, 11) is 1.62. The maximum absolute atomic E-state index is 12.8. The van der Waals surface area contributed by atoms with Gasteiger partial charge in [-0.05, 0) is 84.9 Å². The van der Waals surface area contributed by atoms with Crippen molar-refractivity contribution in [1.29, 1.82) is 0 Å². The summed E-state index contributed by atoms with van der Waals surface area (Å²) < 4.78 is 0. The first-order chi connectivity index (χ1) is 17.8. The number of nitrogens with two attached hydrogens (primary N) is 1. The summed E-state index contributed by atoms with van der Waals surface area (Å²) >= 11 is 1.61. The molecule has 4 N–H and O–H groups in total. The molecule has 0 bridgehead atoms. The van der Waals surface area contributed by atoms with E-state index in [0.29, 0.717) is 12.2 Å². The lowest BCUT2D eigenvalue weighted by Crippen LogP contribution is -2.43. The summed E-state index contributed by atoms with van der Waals surface area (Å²) in [5.41, 5.74) is 11.1. The zero-order valence-electron chi connectivity index (χ0n) is 21.0. The minimum Gasteiger partial charge on any atom is -0.465 e. The molecule has 2 aliphatic carbocycles. The van der Waals surface area contributed by atoms with Crippen molar-refractivity contribution in [1.82, 2.24) is 15.1 Å². The number of hydrogen-bond donors (Lipinski definition) is 3. The minimum absolute atomic E-state index is 0.0292. The highest BCUT2D eigenvalue weighted by atomic mass is 32.1. The van der Waals surface area contributed by atoms with Gasteiger partial charge in [-0.1, -0.05) is 24.3 Å². The van der Waals surface area contributed by atoms with Gasteiger partial charge in [0.2, 0.25) is 5.91 Å². The van der Waals surface area contributed by atoms with E-state index < -0.39 is 6.09 Å². The smallest absolute Gasteiger partial charge is 0.407 e. The molecule has 2 heterocycles. The highest BCUT2D eigenvalue weighted by Crippen LogP contribution is 2.40. The third-order valence-corrected chi connectivity index (χ3v) is 8.70. The van der Waals surface area contributed by atoms with Crippen LogP contribution < -0.4 is 11.1 Å². The van der Waals surface area contributed by atoms with E-state index >= 15 is 0 Å². The number of hydrogen-bond acceptors (Lipinski definition) is 6. The fraction of sp³-hybridized carbons (Fsp3) is 0.429. The molecule has 5 rings (SSSR count). The normalized spacial score (nSPS) is 20.6. The molecule has 0 spiro atoms. The van der Waals surface area contributed by atoms with Crippen molar-refractivity contribution < 1.29 is 14.7 Å². The maximum atomic E-state index is 12.8. The number of carbonyl (C=O) groups is 2. The fourth-order valence-corrected chi connectivity index (χ4v) is 6.11. The van der Waals surface area contributed by atoms with E-state index in [4.69, 9.17) is 5.73 Å². The van der Waals surface area contributed by atoms with Crippen LogP contribution in [0.4, 0.5) is 10.6 Å². The molecular formula is C28H33N5O3S. The Morgan fingerprint density at radius 2 is 1.84 bits per heavy atom. The number of aromatic nitrogens is 2. The Kier molecular flexibility index (Phi) is 7.26. The molecule has 0 aliphatic heterocycles. The van der Waals surface area contributed by atoms with Crippen molar-refractivity contribution in [3.8, 4) is 22.4 Å². The first-order valence-electron chi connectivity index (χ1n) is 12.9. The predicted octanol–water partition coefficient (Wildman–Crippen LogP) is 5.71. The number of carboxylic acid groups (broad SMARTS) is 1. The number of nitrogens with one attached hydrogen (secondary N) is 1. The van der Waals surface area contributed by atoms with Crippen molar-refractivity contribution in [2.24, 2.45) is 11.7 Å². The topological polar surface area (TPSA) is 121 Å². The van der Waals surface area contributed by atoms with Crippen molar-refractivity contribution in [2.75, 3.05) is 12.4 Å². The van der Waals surface area contributed by atoms with E-state index in [1.165, 1.54) is 11.3 Å². The molecule has 0 atom stereocenters. The second-order valence-corrected chi connectivity index (χ2v) is 11.2. The molecule has 0 unspecified atom stereocenters. The molecular weight excluding hydrogens is 486 g/mol. The van der Waals surface area contributed by atoms with Crippen LogP contribution in [-0.4, -0.2) is 45.3 Å². The van der Waals surface area contributed by atoms with Crippen LogP contribution in [0.15, 0.2) is 47.2 Å². The zero-order chi connectivity index (χ0) is 26.0. The number of nitrogens with zero attached hydrogens (tertiary/aromatic N) is 3. The largest absolute Gasteiger partial charge is 0.465 e. The second kappa shape index (κ2) is 10.6. The van der Waals surface area contributed by atoms with Gasteiger partial charge in [-0.2, -0.15) is 11.3 Å². The lowest BCUT2D eigenvalue weighted by molar-refractivity contribution is -0.117. The van der Waals surface area contributed by atoms with E-state index in [1.807, 2.05) is 17.5 Å². The first-order valence-corrected chi connectivity index (χ1v) is 13.8. The molecule has 9 heteroatoms. The molecule has 2 aromatic heterocycles. The van der Waals surface area contributed by atoms with Crippen LogP contribution in [0.25, 0.3) is 22.4 Å². The monoisotopic (exact) mass is 519 g/mol. The number of amides is 2. The molecule has 0 radical (unpaired) electrons. The quantitative estimate of drug-likeness (QED) is 0.368. The fourth-order valence-electron chi connectivity index (χ4n) is 5.46. The molecule has 2 fully saturated rings. The summed E-state index contributed by atoms with van der Waals surface area (Å²) in [6.45, 7) is 0. The number of thiophene rings is 1. The summed E-state index contributed by atoms with van der Waals surface area (Å²) in [6, 6.07) is 12.3. The van der Waals surface area contributed by atoms with E-state index in [9.17, 15) is 14.7 Å². The molecule has 2 saturated carbocycles. The van der Waals surface area contributed by atoms with Gasteiger partial charge < -0.3 is 21.1 Å².